The van der Waals surface area contributed by atoms with E-state index < -0.39 is 9.92 Å². The lowest BCUT2D eigenvalue weighted by Crippen LogP contribution is -2.27. The quantitative estimate of drug-likeness (QED) is 0.445. The van der Waals surface area contributed by atoms with Crippen molar-refractivity contribution in [3.05, 3.63) is 72.7 Å². The standard InChI is InChI=1S/C22H23N5O3S/c1-15(21-10-13-25-27(21)2)26-31(23,28)18-7-4-16(5-8-18)30-22-11-12-24-20-14-17(29-3)6-9-19(20)22/h4-15H,1-3H3,(H2,23,26,28)/t15-,31?/m0/s1. The summed E-state index contributed by atoms with van der Waals surface area (Å²) in [6.07, 6.45) is 3.34. The second-order valence-electron chi connectivity index (χ2n) is 7.04. The molecule has 4 rings (SSSR count). The molecule has 9 heteroatoms. The molecule has 8 nitrogen and oxygen atoms in total. The number of pyridine rings is 1. The first-order valence-corrected chi connectivity index (χ1v) is 11.2. The van der Waals surface area contributed by atoms with Crippen molar-refractivity contribution >= 4 is 20.8 Å². The van der Waals surface area contributed by atoms with Crippen molar-refractivity contribution in [2.75, 3.05) is 7.11 Å². The molecule has 2 aromatic carbocycles. The van der Waals surface area contributed by atoms with Gasteiger partial charge in [0.05, 0.1) is 29.3 Å². The second-order valence-corrected chi connectivity index (χ2v) is 8.86. The molecule has 160 valence electrons. The third kappa shape index (κ3) is 4.37. The summed E-state index contributed by atoms with van der Waals surface area (Å²) in [5.41, 5.74) is 1.61. The number of methoxy groups -OCH3 is 1. The number of hydrogen-bond donors (Lipinski definition) is 2. The van der Waals surface area contributed by atoms with E-state index >= 15 is 0 Å². The number of rotatable bonds is 7. The SMILES string of the molecule is COc1ccc2c(Oc3ccc(S(=N)(=O)N[C@@H](C)c4ccnn4C)cc3)ccnc2c1. The van der Waals surface area contributed by atoms with E-state index in [1.807, 2.05) is 38.2 Å². The Labute approximate surface area is 180 Å². The normalized spacial score (nSPS) is 14.2. The largest absolute Gasteiger partial charge is 0.497 e. The van der Waals surface area contributed by atoms with Gasteiger partial charge in [-0.25, -0.2) is 13.7 Å². The Kier molecular flexibility index (Phi) is 5.62. The van der Waals surface area contributed by atoms with Gasteiger partial charge in [-0.05, 0) is 55.5 Å². The van der Waals surface area contributed by atoms with Crippen LogP contribution in [0.2, 0.25) is 0 Å². The summed E-state index contributed by atoms with van der Waals surface area (Å²) in [6.45, 7) is 1.85. The van der Waals surface area contributed by atoms with E-state index in [0.29, 0.717) is 16.4 Å². The van der Waals surface area contributed by atoms with Crippen LogP contribution in [0.25, 0.3) is 10.9 Å². The van der Waals surface area contributed by atoms with Gasteiger partial charge in [0.1, 0.15) is 27.2 Å². The highest BCUT2D eigenvalue weighted by atomic mass is 32.2. The molecule has 0 amide bonds. The lowest BCUT2D eigenvalue weighted by molar-refractivity contribution is 0.415. The maximum absolute atomic E-state index is 13.0. The Morgan fingerprint density at radius 2 is 1.81 bits per heavy atom. The molecule has 0 aliphatic rings. The van der Waals surface area contributed by atoms with E-state index in [-0.39, 0.29) is 6.04 Å². The zero-order valence-electron chi connectivity index (χ0n) is 17.4. The highest BCUT2D eigenvalue weighted by molar-refractivity contribution is 7.90. The molecule has 1 unspecified atom stereocenters. The number of aromatic nitrogens is 3. The summed E-state index contributed by atoms with van der Waals surface area (Å²) < 4.78 is 37.2. The summed E-state index contributed by atoms with van der Waals surface area (Å²) in [6, 6.07) is 15.6. The van der Waals surface area contributed by atoms with Gasteiger partial charge < -0.3 is 9.47 Å². The molecule has 2 atom stereocenters. The Morgan fingerprint density at radius 3 is 2.48 bits per heavy atom. The van der Waals surface area contributed by atoms with E-state index in [2.05, 4.69) is 14.8 Å². The molecule has 0 saturated heterocycles. The zero-order valence-corrected chi connectivity index (χ0v) is 18.2. The number of ether oxygens (including phenoxy) is 2. The minimum atomic E-state index is -3.20. The number of hydrogen-bond acceptors (Lipinski definition) is 6. The van der Waals surface area contributed by atoms with E-state index in [4.69, 9.17) is 14.3 Å². The predicted molar refractivity (Wildman–Crippen MR) is 119 cm³/mol. The molecular weight excluding hydrogens is 414 g/mol. The van der Waals surface area contributed by atoms with Crippen LogP contribution >= 0.6 is 0 Å². The molecule has 0 aliphatic carbocycles. The summed E-state index contributed by atoms with van der Waals surface area (Å²) >= 11 is 0. The molecule has 2 N–H and O–H groups in total. The van der Waals surface area contributed by atoms with Gasteiger partial charge in [-0.1, -0.05) is 0 Å². The van der Waals surface area contributed by atoms with Gasteiger partial charge in [0.25, 0.3) is 0 Å². The van der Waals surface area contributed by atoms with Crippen LogP contribution in [0.5, 0.6) is 17.2 Å². The number of nitrogens with zero attached hydrogens (tertiary/aromatic N) is 3. The molecule has 0 fully saturated rings. The van der Waals surface area contributed by atoms with Gasteiger partial charge in [0, 0.05) is 30.9 Å². The Morgan fingerprint density at radius 1 is 1.06 bits per heavy atom. The average Bonchev–Trinajstić information content (AvgIpc) is 3.20. The van der Waals surface area contributed by atoms with Gasteiger partial charge in [-0.3, -0.25) is 9.67 Å². The third-order valence-corrected chi connectivity index (χ3v) is 6.56. The summed E-state index contributed by atoms with van der Waals surface area (Å²) in [5.74, 6) is 1.94. The monoisotopic (exact) mass is 437 g/mol. The number of aryl methyl sites for hydroxylation is 1. The van der Waals surface area contributed by atoms with Crippen molar-refractivity contribution in [1.29, 1.82) is 4.78 Å². The number of nitrogens with one attached hydrogen (secondary N) is 2. The van der Waals surface area contributed by atoms with Gasteiger partial charge in [-0.2, -0.15) is 5.10 Å². The Bertz CT molecular complexity index is 1320. The fraction of sp³-hybridized carbons (Fsp3) is 0.182. The fourth-order valence-corrected chi connectivity index (χ4v) is 4.60. The maximum Gasteiger partial charge on any atom is 0.138 e. The minimum absolute atomic E-state index is 0.298. The van der Waals surface area contributed by atoms with Crippen LogP contribution < -0.4 is 14.2 Å². The van der Waals surface area contributed by atoms with Gasteiger partial charge in [0.15, 0.2) is 0 Å². The first-order valence-electron chi connectivity index (χ1n) is 9.62. The van der Waals surface area contributed by atoms with Crippen molar-refractivity contribution in [3.63, 3.8) is 0 Å². The molecule has 0 saturated carbocycles. The second kappa shape index (κ2) is 8.37. The minimum Gasteiger partial charge on any atom is -0.497 e. The number of benzene rings is 2. The molecule has 31 heavy (non-hydrogen) atoms. The van der Waals surface area contributed by atoms with Crippen molar-refractivity contribution in [1.82, 2.24) is 19.5 Å². The van der Waals surface area contributed by atoms with Crippen LogP contribution in [0.3, 0.4) is 0 Å². The highest BCUT2D eigenvalue weighted by Crippen LogP contribution is 2.31. The van der Waals surface area contributed by atoms with Crippen molar-refractivity contribution < 1.29 is 13.7 Å². The van der Waals surface area contributed by atoms with E-state index in [9.17, 15) is 4.21 Å². The molecule has 0 radical (unpaired) electrons. The smallest absolute Gasteiger partial charge is 0.138 e. The van der Waals surface area contributed by atoms with Gasteiger partial charge in [-0.15, -0.1) is 0 Å². The number of fused-ring (bicyclic) bond motifs is 1. The third-order valence-electron chi connectivity index (χ3n) is 4.94. The first-order chi connectivity index (χ1) is 14.9. The molecule has 0 spiro atoms. The molecule has 2 aromatic heterocycles. The summed E-state index contributed by atoms with van der Waals surface area (Å²) in [4.78, 5) is 4.73. The van der Waals surface area contributed by atoms with Crippen LogP contribution in [-0.4, -0.2) is 26.1 Å². The first kappa shape index (κ1) is 20.8. The van der Waals surface area contributed by atoms with Crippen molar-refractivity contribution in [2.45, 2.75) is 17.9 Å². The summed E-state index contributed by atoms with van der Waals surface area (Å²) in [7, 11) is 0.216. The zero-order chi connectivity index (χ0) is 22.0. The van der Waals surface area contributed by atoms with E-state index in [0.717, 1.165) is 22.3 Å². The van der Waals surface area contributed by atoms with E-state index in [1.54, 1.807) is 54.5 Å². The summed E-state index contributed by atoms with van der Waals surface area (Å²) in [5, 5.41) is 4.97. The molecule has 0 aliphatic heterocycles. The Hall–Kier alpha value is -3.43. The topological polar surface area (TPSA) is 102 Å². The average molecular weight is 438 g/mol. The van der Waals surface area contributed by atoms with Gasteiger partial charge in [0.2, 0.25) is 0 Å². The molecular formula is C22H23N5O3S. The van der Waals surface area contributed by atoms with Crippen LogP contribution in [0.1, 0.15) is 18.7 Å². The van der Waals surface area contributed by atoms with Crippen molar-refractivity contribution in [3.8, 4) is 17.2 Å². The van der Waals surface area contributed by atoms with Crippen LogP contribution in [-0.2, 0) is 17.0 Å². The maximum atomic E-state index is 13.0. The highest BCUT2D eigenvalue weighted by Gasteiger charge is 2.17. The fourth-order valence-electron chi connectivity index (χ4n) is 3.33. The van der Waals surface area contributed by atoms with Crippen LogP contribution in [0, 0.1) is 4.78 Å². The Balaban J connectivity index is 1.53. The molecule has 4 aromatic rings. The van der Waals surface area contributed by atoms with Crippen LogP contribution in [0.4, 0.5) is 0 Å². The predicted octanol–water partition coefficient (Wildman–Crippen LogP) is 4.44. The molecule has 2 heterocycles. The lowest BCUT2D eigenvalue weighted by Gasteiger charge is -2.17. The lowest BCUT2D eigenvalue weighted by atomic mass is 10.2. The van der Waals surface area contributed by atoms with Gasteiger partial charge >= 0.3 is 0 Å². The van der Waals surface area contributed by atoms with Crippen LogP contribution in [0.15, 0.2) is 71.9 Å². The molecule has 0 bridgehead atoms. The van der Waals surface area contributed by atoms with Crippen molar-refractivity contribution in [2.24, 2.45) is 7.05 Å². The van der Waals surface area contributed by atoms with E-state index in [1.165, 1.54) is 0 Å².